The number of hydrogen-bond donors (Lipinski definition) is 2. The van der Waals surface area contributed by atoms with Gasteiger partial charge in [-0.1, -0.05) is 11.6 Å². The van der Waals surface area contributed by atoms with E-state index in [9.17, 15) is 18.0 Å². The first-order chi connectivity index (χ1) is 15.3. The first kappa shape index (κ1) is 21.5. The number of carboxylic acids is 1. The van der Waals surface area contributed by atoms with Crippen LogP contribution in [-0.2, 0) is 6.54 Å². The Kier molecular flexibility index (Phi) is 5.87. The Balaban J connectivity index is 1.71. The summed E-state index contributed by atoms with van der Waals surface area (Å²) in [5.41, 5.74) is 2.65. The van der Waals surface area contributed by atoms with Gasteiger partial charge in [0.2, 0.25) is 0 Å². The van der Waals surface area contributed by atoms with Gasteiger partial charge in [0.25, 0.3) is 0 Å². The highest BCUT2D eigenvalue weighted by atomic mass is 35.5. The van der Waals surface area contributed by atoms with Crippen molar-refractivity contribution in [3.63, 3.8) is 0 Å². The number of aromatic carboxylic acids is 1. The average Bonchev–Trinajstić information content (AvgIpc) is 3.21. The quantitative estimate of drug-likeness (QED) is 0.377. The van der Waals surface area contributed by atoms with E-state index in [2.05, 4.69) is 10.4 Å². The summed E-state index contributed by atoms with van der Waals surface area (Å²) in [5.74, 6) is -3.58. The number of aromatic nitrogens is 2. The topological polar surface area (TPSA) is 67.2 Å². The van der Waals surface area contributed by atoms with E-state index in [1.165, 1.54) is 41.1 Å². The lowest BCUT2D eigenvalue weighted by molar-refractivity contribution is 0.0697. The van der Waals surface area contributed by atoms with E-state index in [0.717, 1.165) is 12.1 Å². The molecule has 4 aromatic rings. The second-order valence-electron chi connectivity index (χ2n) is 6.91. The van der Waals surface area contributed by atoms with Crippen LogP contribution in [0.15, 0.2) is 66.9 Å². The highest BCUT2D eigenvalue weighted by molar-refractivity contribution is 6.31. The Morgan fingerprint density at radius 3 is 2.34 bits per heavy atom. The largest absolute Gasteiger partial charge is 0.478 e. The standard InChI is InChI=1S/C23H15ClF3N3O2/c24-18-10-16(4-8-19(18)25)28-11-15-12-30(17-5-1-13(2-6-17)23(31)32)29-22(15)14-3-7-20(26)21(27)9-14/h1-10,12,28H,11H2,(H,31,32). The summed E-state index contributed by atoms with van der Waals surface area (Å²) in [5, 5.41) is 16.6. The predicted octanol–water partition coefficient (Wildman–Crippen LogP) is 5.92. The van der Waals surface area contributed by atoms with Crippen LogP contribution in [0.2, 0.25) is 5.02 Å². The third kappa shape index (κ3) is 4.45. The van der Waals surface area contributed by atoms with Crippen molar-refractivity contribution in [3.8, 4) is 16.9 Å². The van der Waals surface area contributed by atoms with Crippen LogP contribution in [0.3, 0.4) is 0 Å². The maximum absolute atomic E-state index is 13.8. The fourth-order valence-corrected chi connectivity index (χ4v) is 3.30. The molecule has 9 heteroatoms. The Hall–Kier alpha value is -3.78. The molecule has 5 nitrogen and oxygen atoms in total. The van der Waals surface area contributed by atoms with Gasteiger partial charge in [-0.05, 0) is 60.7 Å². The molecule has 0 radical (unpaired) electrons. The Labute approximate surface area is 185 Å². The van der Waals surface area contributed by atoms with Crippen LogP contribution < -0.4 is 5.32 Å². The van der Waals surface area contributed by atoms with E-state index in [0.29, 0.717) is 28.2 Å². The van der Waals surface area contributed by atoms with Crippen LogP contribution in [-0.4, -0.2) is 20.9 Å². The van der Waals surface area contributed by atoms with E-state index in [1.54, 1.807) is 18.3 Å². The molecular weight excluding hydrogens is 443 g/mol. The van der Waals surface area contributed by atoms with Gasteiger partial charge < -0.3 is 10.4 Å². The van der Waals surface area contributed by atoms with Crippen LogP contribution in [0.4, 0.5) is 18.9 Å². The summed E-state index contributed by atoms with van der Waals surface area (Å²) < 4.78 is 42.2. The third-order valence-corrected chi connectivity index (χ3v) is 5.05. The molecule has 162 valence electrons. The molecule has 1 aromatic heterocycles. The van der Waals surface area contributed by atoms with Gasteiger partial charge in [-0.3, -0.25) is 0 Å². The monoisotopic (exact) mass is 457 g/mol. The zero-order chi connectivity index (χ0) is 22.8. The zero-order valence-electron chi connectivity index (χ0n) is 16.3. The van der Waals surface area contributed by atoms with Crippen molar-refractivity contribution in [2.75, 3.05) is 5.32 Å². The molecule has 0 saturated carbocycles. The van der Waals surface area contributed by atoms with Crippen LogP contribution in [0, 0.1) is 17.5 Å². The lowest BCUT2D eigenvalue weighted by Crippen LogP contribution is -2.00. The molecule has 2 N–H and O–H groups in total. The number of rotatable bonds is 6. The number of halogens is 4. The number of carboxylic acid groups (broad SMARTS) is 1. The zero-order valence-corrected chi connectivity index (χ0v) is 17.1. The number of anilines is 1. The number of nitrogens with zero attached hydrogens (tertiary/aromatic N) is 2. The van der Waals surface area contributed by atoms with Crippen molar-refractivity contribution < 1.29 is 23.1 Å². The van der Waals surface area contributed by atoms with Crippen LogP contribution in [0.1, 0.15) is 15.9 Å². The van der Waals surface area contributed by atoms with E-state index in [4.69, 9.17) is 16.7 Å². The fraction of sp³-hybridized carbons (Fsp3) is 0.0435. The minimum Gasteiger partial charge on any atom is -0.478 e. The molecule has 4 rings (SSSR count). The molecule has 0 aliphatic rings. The van der Waals surface area contributed by atoms with Crippen molar-refractivity contribution in [2.45, 2.75) is 6.54 Å². The molecule has 0 atom stereocenters. The summed E-state index contributed by atoms with van der Waals surface area (Å²) >= 11 is 5.82. The number of benzene rings is 3. The average molecular weight is 458 g/mol. The smallest absolute Gasteiger partial charge is 0.335 e. The minimum absolute atomic E-state index is 0.0370. The molecule has 0 amide bonds. The SMILES string of the molecule is O=C(O)c1ccc(-n2cc(CNc3ccc(F)c(Cl)c3)c(-c3ccc(F)c(F)c3)n2)cc1. The summed E-state index contributed by atoms with van der Waals surface area (Å²) in [6.45, 7) is 0.226. The second kappa shape index (κ2) is 8.76. The van der Waals surface area contributed by atoms with Gasteiger partial charge in [0.05, 0.1) is 22.0 Å². The highest BCUT2D eigenvalue weighted by Gasteiger charge is 2.15. The maximum atomic E-state index is 13.8. The van der Waals surface area contributed by atoms with Gasteiger partial charge in [-0.25, -0.2) is 22.6 Å². The molecule has 0 spiro atoms. The van der Waals surface area contributed by atoms with Crippen LogP contribution in [0.5, 0.6) is 0 Å². The van der Waals surface area contributed by atoms with Crippen LogP contribution >= 0.6 is 11.6 Å². The molecule has 0 saturated heterocycles. The van der Waals surface area contributed by atoms with Crippen molar-refractivity contribution in [1.29, 1.82) is 0 Å². The van der Waals surface area contributed by atoms with Crippen molar-refractivity contribution in [2.24, 2.45) is 0 Å². The number of carbonyl (C=O) groups is 1. The molecule has 0 fully saturated rings. The maximum Gasteiger partial charge on any atom is 0.335 e. The molecule has 0 aliphatic carbocycles. The summed E-state index contributed by atoms with van der Waals surface area (Å²) in [7, 11) is 0. The minimum atomic E-state index is -1.05. The van der Waals surface area contributed by atoms with Crippen molar-refractivity contribution in [3.05, 3.63) is 100 Å². The van der Waals surface area contributed by atoms with E-state index >= 15 is 0 Å². The normalized spacial score (nSPS) is 10.9. The van der Waals surface area contributed by atoms with E-state index < -0.39 is 23.4 Å². The van der Waals surface area contributed by atoms with Gasteiger partial charge in [0, 0.05) is 29.6 Å². The second-order valence-corrected chi connectivity index (χ2v) is 7.32. The highest BCUT2D eigenvalue weighted by Crippen LogP contribution is 2.27. The summed E-state index contributed by atoms with van der Waals surface area (Å²) in [6.07, 6.45) is 1.69. The molecule has 3 aromatic carbocycles. The first-order valence-electron chi connectivity index (χ1n) is 9.38. The molecular formula is C23H15ClF3N3O2. The molecule has 0 unspecified atom stereocenters. The van der Waals surface area contributed by atoms with Crippen LogP contribution in [0.25, 0.3) is 16.9 Å². The lowest BCUT2D eigenvalue weighted by atomic mass is 10.1. The fourth-order valence-electron chi connectivity index (χ4n) is 3.12. The van der Waals surface area contributed by atoms with Crippen molar-refractivity contribution in [1.82, 2.24) is 9.78 Å². The number of nitrogens with one attached hydrogen (secondary N) is 1. The third-order valence-electron chi connectivity index (χ3n) is 4.76. The Bertz CT molecular complexity index is 1310. The van der Waals surface area contributed by atoms with Gasteiger partial charge >= 0.3 is 5.97 Å². The molecule has 32 heavy (non-hydrogen) atoms. The Morgan fingerprint density at radius 2 is 1.69 bits per heavy atom. The summed E-state index contributed by atoms with van der Waals surface area (Å²) in [6, 6.07) is 13.7. The van der Waals surface area contributed by atoms with Crippen molar-refractivity contribution >= 4 is 23.3 Å². The van der Waals surface area contributed by atoms with Gasteiger partial charge in [-0.15, -0.1) is 0 Å². The van der Waals surface area contributed by atoms with E-state index in [-0.39, 0.29) is 17.1 Å². The molecule has 1 heterocycles. The van der Waals surface area contributed by atoms with E-state index in [1.807, 2.05) is 0 Å². The first-order valence-corrected chi connectivity index (χ1v) is 9.76. The number of hydrogen-bond acceptors (Lipinski definition) is 3. The lowest BCUT2D eigenvalue weighted by Gasteiger charge is -2.08. The Morgan fingerprint density at radius 1 is 0.969 bits per heavy atom. The van der Waals surface area contributed by atoms with Gasteiger partial charge in [-0.2, -0.15) is 5.10 Å². The van der Waals surface area contributed by atoms with Gasteiger partial charge in [0.1, 0.15) is 5.82 Å². The predicted molar refractivity (Wildman–Crippen MR) is 115 cm³/mol. The molecule has 0 bridgehead atoms. The van der Waals surface area contributed by atoms with Gasteiger partial charge in [0.15, 0.2) is 11.6 Å². The molecule has 0 aliphatic heterocycles. The summed E-state index contributed by atoms with van der Waals surface area (Å²) in [4.78, 5) is 11.1.